The minimum absolute atomic E-state index is 0.295. The Hall–Kier alpha value is -2.81. The van der Waals surface area contributed by atoms with Gasteiger partial charge in [-0.05, 0) is 24.3 Å². The maximum absolute atomic E-state index is 8.61. The molecule has 0 amide bonds. The Bertz CT molecular complexity index is 593. The number of aromatic nitrogens is 2. The van der Waals surface area contributed by atoms with Crippen molar-refractivity contribution >= 4 is 5.82 Å². The fourth-order valence-electron chi connectivity index (χ4n) is 1.53. The molecule has 0 aliphatic heterocycles. The van der Waals surface area contributed by atoms with Gasteiger partial charge in [0.25, 0.3) is 0 Å². The molecule has 0 radical (unpaired) electrons. The molecule has 0 saturated carbocycles. The Labute approximate surface area is 117 Å². The first kappa shape index (κ1) is 13.6. The van der Waals surface area contributed by atoms with Crippen LogP contribution in [0.3, 0.4) is 0 Å². The molecule has 0 bridgehead atoms. The molecule has 0 aliphatic carbocycles. The number of anilines is 1. The van der Waals surface area contributed by atoms with Gasteiger partial charge in [-0.25, -0.2) is 0 Å². The lowest BCUT2D eigenvalue weighted by molar-refractivity contribution is 0.329. The van der Waals surface area contributed by atoms with E-state index in [0.717, 1.165) is 11.5 Å². The van der Waals surface area contributed by atoms with Crippen LogP contribution < -0.4 is 14.8 Å². The van der Waals surface area contributed by atoms with Gasteiger partial charge in [-0.1, -0.05) is 6.07 Å². The molecule has 0 aliphatic rings. The van der Waals surface area contributed by atoms with Gasteiger partial charge < -0.3 is 14.8 Å². The summed E-state index contributed by atoms with van der Waals surface area (Å²) in [4.78, 5) is 0. The van der Waals surface area contributed by atoms with Gasteiger partial charge in [-0.2, -0.15) is 5.26 Å². The molecule has 1 aromatic heterocycles. The summed E-state index contributed by atoms with van der Waals surface area (Å²) < 4.78 is 10.7. The van der Waals surface area contributed by atoms with Crippen LogP contribution in [0.4, 0.5) is 5.82 Å². The number of hydrogen-bond donors (Lipinski definition) is 1. The molecule has 1 N–H and O–H groups in total. The summed E-state index contributed by atoms with van der Waals surface area (Å²) >= 11 is 0. The summed E-state index contributed by atoms with van der Waals surface area (Å²) in [6.45, 7) is 1.06. The number of nitriles is 1. The summed E-state index contributed by atoms with van der Waals surface area (Å²) in [6, 6.07) is 12.6. The van der Waals surface area contributed by atoms with E-state index in [0.29, 0.717) is 24.7 Å². The van der Waals surface area contributed by atoms with Crippen LogP contribution in [0.15, 0.2) is 36.4 Å². The quantitative estimate of drug-likeness (QED) is 0.807. The molecule has 0 atom stereocenters. The monoisotopic (exact) mass is 270 g/mol. The molecule has 6 heteroatoms. The number of hydrogen-bond acceptors (Lipinski definition) is 6. The van der Waals surface area contributed by atoms with Gasteiger partial charge in [0.2, 0.25) is 0 Å². The summed E-state index contributed by atoms with van der Waals surface area (Å²) in [5.74, 6) is 2.11. The molecule has 6 nitrogen and oxygen atoms in total. The zero-order valence-corrected chi connectivity index (χ0v) is 11.0. The van der Waals surface area contributed by atoms with Crippen LogP contribution in [0.1, 0.15) is 5.69 Å². The number of nitrogens with zero attached hydrogens (tertiary/aromatic N) is 3. The predicted octanol–water partition coefficient (Wildman–Crippen LogP) is 1.85. The third-order valence-corrected chi connectivity index (χ3v) is 2.50. The molecular formula is C14H14N4O2. The molecular weight excluding hydrogens is 256 g/mol. The van der Waals surface area contributed by atoms with Crippen LogP contribution in [0.5, 0.6) is 11.5 Å². The molecule has 102 valence electrons. The van der Waals surface area contributed by atoms with E-state index in [4.69, 9.17) is 14.7 Å². The van der Waals surface area contributed by atoms with Crippen molar-refractivity contribution in [2.75, 3.05) is 25.6 Å². The lowest BCUT2D eigenvalue weighted by atomic mass is 10.3. The first-order valence-corrected chi connectivity index (χ1v) is 6.06. The summed E-state index contributed by atoms with van der Waals surface area (Å²) in [6.07, 6.45) is 0. The van der Waals surface area contributed by atoms with Crippen molar-refractivity contribution in [3.63, 3.8) is 0 Å². The van der Waals surface area contributed by atoms with Crippen LogP contribution in [-0.2, 0) is 0 Å². The molecule has 0 saturated heterocycles. The lowest BCUT2D eigenvalue weighted by Gasteiger charge is -2.08. The molecule has 0 spiro atoms. The number of ether oxygens (including phenoxy) is 2. The fourth-order valence-corrected chi connectivity index (χ4v) is 1.53. The van der Waals surface area contributed by atoms with Crippen LogP contribution >= 0.6 is 0 Å². The SMILES string of the molecule is COc1cccc(OCCNc2ccc(C#N)nn2)c1. The van der Waals surface area contributed by atoms with Crippen molar-refractivity contribution in [3.8, 4) is 17.6 Å². The van der Waals surface area contributed by atoms with Crippen molar-refractivity contribution in [1.29, 1.82) is 5.26 Å². The minimum Gasteiger partial charge on any atom is -0.497 e. The maximum Gasteiger partial charge on any atom is 0.163 e. The minimum atomic E-state index is 0.295. The third kappa shape index (κ3) is 3.85. The van der Waals surface area contributed by atoms with Crippen LogP contribution in [0.2, 0.25) is 0 Å². The van der Waals surface area contributed by atoms with Gasteiger partial charge in [-0.15, -0.1) is 10.2 Å². The van der Waals surface area contributed by atoms with Gasteiger partial charge in [0.1, 0.15) is 30.0 Å². The number of benzene rings is 1. The molecule has 1 heterocycles. The topological polar surface area (TPSA) is 80.1 Å². The summed E-state index contributed by atoms with van der Waals surface area (Å²) in [5, 5.41) is 19.3. The largest absolute Gasteiger partial charge is 0.497 e. The van der Waals surface area contributed by atoms with E-state index in [1.807, 2.05) is 30.3 Å². The average Bonchev–Trinajstić information content (AvgIpc) is 2.52. The molecule has 1 aromatic carbocycles. The van der Waals surface area contributed by atoms with Gasteiger partial charge in [0.05, 0.1) is 13.7 Å². The van der Waals surface area contributed by atoms with E-state index < -0.39 is 0 Å². The zero-order chi connectivity index (χ0) is 14.2. The number of methoxy groups -OCH3 is 1. The zero-order valence-electron chi connectivity index (χ0n) is 11.0. The van der Waals surface area contributed by atoms with Crippen molar-refractivity contribution < 1.29 is 9.47 Å². The normalized spacial score (nSPS) is 9.60. The summed E-state index contributed by atoms with van der Waals surface area (Å²) in [7, 11) is 1.62. The van der Waals surface area contributed by atoms with Crippen LogP contribution in [0.25, 0.3) is 0 Å². The number of nitrogens with one attached hydrogen (secondary N) is 1. The smallest absolute Gasteiger partial charge is 0.163 e. The Kier molecular flexibility index (Phi) is 4.73. The third-order valence-electron chi connectivity index (χ3n) is 2.50. The lowest BCUT2D eigenvalue weighted by Crippen LogP contribution is -2.12. The number of rotatable bonds is 6. The predicted molar refractivity (Wildman–Crippen MR) is 73.7 cm³/mol. The second-order valence-electron chi connectivity index (χ2n) is 3.87. The first-order valence-electron chi connectivity index (χ1n) is 6.06. The van der Waals surface area contributed by atoms with Crippen molar-refractivity contribution in [2.24, 2.45) is 0 Å². The van der Waals surface area contributed by atoms with Gasteiger partial charge in [-0.3, -0.25) is 0 Å². The molecule has 0 unspecified atom stereocenters. The van der Waals surface area contributed by atoms with Crippen molar-refractivity contribution in [2.45, 2.75) is 0 Å². The van der Waals surface area contributed by atoms with E-state index in [1.165, 1.54) is 0 Å². The second kappa shape index (κ2) is 6.95. The Balaban J connectivity index is 1.77. The molecule has 2 rings (SSSR count). The van der Waals surface area contributed by atoms with E-state index in [-0.39, 0.29) is 0 Å². The standard InChI is InChI=1S/C14H14N4O2/c1-19-12-3-2-4-13(9-12)20-8-7-16-14-6-5-11(10-15)17-18-14/h2-6,9H,7-8H2,1H3,(H,16,18). The van der Waals surface area contributed by atoms with Crippen molar-refractivity contribution in [3.05, 3.63) is 42.1 Å². The van der Waals surface area contributed by atoms with Gasteiger partial charge in [0, 0.05) is 6.07 Å². The molecule has 2 aromatic rings. The highest BCUT2D eigenvalue weighted by Crippen LogP contribution is 2.18. The van der Waals surface area contributed by atoms with Crippen LogP contribution in [-0.4, -0.2) is 30.5 Å². The van der Waals surface area contributed by atoms with Crippen molar-refractivity contribution in [1.82, 2.24) is 10.2 Å². The fraction of sp³-hybridized carbons (Fsp3) is 0.214. The van der Waals surface area contributed by atoms with E-state index >= 15 is 0 Å². The highest BCUT2D eigenvalue weighted by Gasteiger charge is 1.98. The Morgan fingerprint density at radius 2 is 2.05 bits per heavy atom. The van der Waals surface area contributed by atoms with Gasteiger partial charge >= 0.3 is 0 Å². The van der Waals surface area contributed by atoms with E-state index in [9.17, 15) is 0 Å². The Morgan fingerprint density at radius 1 is 1.20 bits per heavy atom. The highest BCUT2D eigenvalue weighted by atomic mass is 16.5. The van der Waals surface area contributed by atoms with E-state index in [2.05, 4.69) is 15.5 Å². The van der Waals surface area contributed by atoms with Gasteiger partial charge in [0.15, 0.2) is 5.69 Å². The molecule has 0 fully saturated rings. The van der Waals surface area contributed by atoms with E-state index in [1.54, 1.807) is 19.2 Å². The first-order chi connectivity index (χ1) is 9.81. The Morgan fingerprint density at radius 3 is 2.75 bits per heavy atom. The highest BCUT2D eigenvalue weighted by molar-refractivity contribution is 5.35. The average molecular weight is 270 g/mol. The summed E-state index contributed by atoms with van der Waals surface area (Å²) in [5.41, 5.74) is 0.295. The van der Waals surface area contributed by atoms with Crippen LogP contribution in [0, 0.1) is 11.3 Å². The maximum atomic E-state index is 8.61. The second-order valence-corrected chi connectivity index (χ2v) is 3.87. The molecule has 20 heavy (non-hydrogen) atoms.